The van der Waals surface area contributed by atoms with Crippen LogP contribution in [0.25, 0.3) is 6.08 Å². The number of methoxy groups -OCH3 is 1. The molecule has 0 unspecified atom stereocenters. The van der Waals surface area contributed by atoms with Crippen molar-refractivity contribution < 1.29 is 32.9 Å². The molecule has 28 heavy (non-hydrogen) atoms. The molecule has 0 radical (unpaired) electrons. The maximum absolute atomic E-state index is 14.5. The van der Waals surface area contributed by atoms with Crippen molar-refractivity contribution in [2.24, 2.45) is 0 Å². The van der Waals surface area contributed by atoms with E-state index in [1.54, 1.807) is 0 Å². The lowest BCUT2D eigenvalue weighted by molar-refractivity contribution is -0.185. The van der Waals surface area contributed by atoms with Gasteiger partial charge in [0.15, 0.2) is 11.5 Å². The highest BCUT2D eigenvalue weighted by Gasteiger charge is 2.35. The summed E-state index contributed by atoms with van der Waals surface area (Å²) in [6, 6.07) is 9.50. The molecule has 0 aliphatic carbocycles. The number of carboxylic acids is 1. The highest BCUT2D eigenvalue weighted by atomic mass is 19.3. The lowest BCUT2D eigenvalue weighted by atomic mass is 10.1. The van der Waals surface area contributed by atoms with E-state index in [0.717, 1.165) is 18.9 Å². The van der Waals surface area contributed by atoms with E-state index < -0.39 is 12.1 Å². The first-order valence-corrected chi connectivity index (χ1v) is 8.75. The van der Waals surface area contributed by atoms with Crippen molar-refractivity contribution in [2.45, 2.75) is 25.9 Å². The summed E-state index contributed by atoms with van der Waals surface area (Å²) >= 11 is 0. The van der Waals surface area contributed by atoms with E-state index in [0.29, 0.717) is 17.9 Å². The van der Waals surface area contributed by atoms with Crippen molar-refractivity contribution in [3.63, 3.8) is 0 Å². The molecule has 0 heterocycles. The maximum Gasteiger partial charge on any atom is 0.426 e. The molecule has 1 N–H and O–H groups in total. The van der Waals surface area contributed by atoms with E-state index in [1.807, 2.05) is 6.92 Å². The van der Waals surface area contributed by atoms with Crippen LogP contribution in [0.1, 0.15) is 30.9 Å². The van der Waals surface area contributed by atoms with Gasteiger partial charge in [-0.2, -0.15) is 8.78 Å². The van der Waals surface area contributed by atoms with Gasteiger partial charge in [0.2, 0.25) is 0 Å². The van der Waals surface area contributed by atoms with Crippen LogP contribution in [0.3, 0.4) is 0 Å². The minimum absolute atomic E-state index is 0.0558. The average molecular weight is 392 g/mol. The molecular formula is C21H22F2O5. The molecule has 7 heteroatoms. The zero-order valence-corrected chi connectivity index (χ0v) is 15.7. The molecule has 0 amide bonds. The first kappa shape index (κ1) is 21.2. The van der Waals surface area contributed by atoms with Crippen molar-refractivity contribution in [3.05, 3.63) is 59.7 Å². The molecule has 0 saturated heterocycles. The SMILES string of the molecule is CCCCOc1ccc(C(F)(F)Oc2ccc(C=CC(=O)O)cc2)cc1OC. The van der Waals surface area contributed by atoms with Crippen LogP contribution in [0.5, 0.6) is 17.2 Å². The summed E-state index contributed by atoms with van der Waals surface area (Å²) in [6.45, 7) is 2.50. The third kappa shape index (κ3) is 5.97. The molecule has 0 bridgehead atoms. The Balaban J connectivity index is 2.13. The number of unbranched alkanes of at least 4 members (excludes halogenated alkanes) is 1. The summed E-state index contributed by atoms with van der Waals surface area (Å²) < 4.78 is 44.6. The van der Waals surface area contributed by atoms with Crippen molar-refractivity contribution >= 4 is 12.0 Å². The number of carbonyl (C=O) groups is 1. The van der Waals surface area contributed by atoms with Crippen molar-refractivity contribution in [1.29, 1.82) is 0 Å². The summed E-state index contributed by atoms with van der Waals surface area (Å²) in [5.41, 5.74) is 0.176. The first-order valence-electron chi connectivity index (χ1n) is 8.75. The molecule has 5 nitrogen and oxygen atoms in total. The van der Waals surface area contributed by atoms with Gasteiger partial charge in [-0.05, 0) is 48.4 Å². The topological polar surface area (TPSA) is 65.0 Å². The number of ether oxygens (including phenoxy) is 3. The van der Waals surface area contributed by atoms with Crippen molar-refractivity contribution in [2.75, 3.05) is 13.7 Å². The van der Waals surface area contributed by atoms with Crippen LogP contribution in [0.15, 0.2) is 48.5 Å². The fraction of sp³-hybridized carbons (Fsp3) is 0.286. The molecule has 2 aromatic carbocycles. The zero-order valence-electron chi connectivity index (χ0n) is 15.7. The molecular weight excluding hydrogens is 370 g/mol. The Morgan fingerprint density at radius 3 is 2.46 bits per heavy atom. The number of alkyl halides is 2. The normalized spacial score (nSPS) is 11.4. The quantitative estimate of drug-likeness (QED) is 0.450. The zero-order chi connectivity index (χ0) is 20.6. The first-order chi connectivity index (χ1) is 13.4. The van der Waals surface area contributed by atoms with Gasteiger partial charge < -0.3 is 19.3 Å². The van der Waals surface area contributed by atoms with Gasteiger partial charge in [0.1, 0.15) is 5.75 Å². The second-order valence-corrected chi connectivity index (χ2v) is 5.93. The second kappa shape index (κ2) is 9.73. The summed E-state index contributed by atoms with van der Waals surface area (Å²) in [7, 11) is 1.38. The third-order valence-electron chi connectivity index (χ3n) is 3.80. The van der Waals surface area contributed by atoms with Crippen LogP contribution in [-0.2, 0) is 10.9 Å². The fourth-order valence-electron chi connectivity index (χ4n) is 2.32. The maximum atomic E-state index is 14.5. The number of halogens is 2. The molecule has 0 atom stereocenters. The minimum atomic E-state index is -3.59. The summed E-state index contributed by atoms with van der Waals surface area (Å²) in [5, 5.41) is 8.60. The Morgan fingerprint density at radius 2 is 1.86 bits per heavy atom. The third-order valence-corrected chi connectivity index (χ3v) is 3.80. The van der Waals surface area contributed by atoms with Crippen molar-refractivity contribution in [1.82, 2.24) is 0 Å². The lowest BCUT2D eigenvalue weighted by Gasteiger charge is -2.20. The van der Waals surface area contributed by atoms with Crippen LogP contribution in [0, 0.1) is 0 Å². The molecule has 2 rings (SSSR count). The largest absolute Gasteiger partial charge is 0.493 e. The Morgan fingerprint density at radius 1 is 1.14 bits per heavy atom. The minimum Gasteiger partial charge on any atom is -0.493 e. The number of aliphatic carboxylic acids is 1. The molecule has 0 aliphatic heterocycles. The lowest BCUT2D eigenvalue weighted by Crippen LogP contribution is -2.22. The average Bonchev–Trinajstić information content (AvgIpc) is 2.67. The Kier molecular flexibility index (Phi) is 7.37. The van der Waals surface area contributed by atoms with E-state index in [4.69, 9.17) is 19.3 Å². The summed E-state index contributed by atoms with van der Waals surface area (Å²) in [6.07, 6.45) is 0.528. The number of benzene rings is 2. The van der Waals surface area contributed by atoms with Crippen LogP contribution in [-0.4, -0.2) is 24.8 Å². The van der Waals surface area contributed by atoms with E-state index in [2.05, 4.69) is 0 Å². The molecule has 0 aromatic heterocycles. The smallest absolute Gasteiger partial charge is 0.426 e. The van der Waals surface area contributed by atoms with Crippen LogP contribution in [0.4, 0.5) is 8.78 Å². The molecule has 2 aromatic rings. The van der Waals surface area contributed by atoms with Gasteiger partial charge in [0, 0.05) is 6.08 Å². The monoisotopic (exact) mass is 392 g/mol. The Bertz CT molecular complexity index is 816. The van der Waals surface area contributed by atoms with E-state index in [-0.39, 0.29) is 17.1 Å². The van der Waals surface area contributed by atoms with E-state index in [9.17, 15) is 13.6 Å². The van der Waals surface area contributed by atoms with Crippen LogP contribution in [0.2, 0.25) is 0 Å². The van der Waals surface area contributed by atoms with Gasteiger partial charge in [-0.3, -0.25) is 0 Å². The molecule has 0 aliphatic rings. The second-order valence-electron chi connectivity index (χ2n) is 5.93. The van der Waals surface area contributed by atoms with Gasteiger partial charge in [0.05, 0.1) is 19.3 Å². The van der Waals surface area contributed by atoms with Gasteiger partial charge in [0.25, 0.3) is 0 Å². The van der Waals surface area contributed by atoms with Crippen LogP contribution >= 0.6 is 0 Å². The highest BCUT2D eigenvalue weighted by Crippen LogP contribution is 2.37. The summed E-state index contributed by atoms with van der Waals surface area (Å²) in [5.74, 6) is -0.557. The molecule has 0 fully saturated rings. The predicted octanol–water partition coefficient (Wildman–Crippen LogP) is 5.10. The van der Waals surface area contributed by atoms with E-state index in [1.165, 1.54) is 55.7 Å². The number of rotatable bonds is 10. The predicted molar refractivity (Wildman–Crippen MR) is 101 cm³/mol. The molecule has 0 spiro atoms. The number of hydrogen-bond donors (Lipinski definition) is 1. The van der Waals surface area contributed by atoms with Crippen LogP contribution < -0.4 is 14.2 Å². The number of carboxylic acid groups (broad SMARTS) is 1. The van der Waals surface area contributed by atoms with Crippen molar-refractivity contribution in [3.8, 4) is 17.2 Å². The standard InChI is InChI=1S/C21H22F2O5/c1-3-4-13-27-18-11-8-16(14-19(18)26-2)21(22,23)28-17-9-5-15(6-10-17)7-12-20(24)25/h5-12,14H,3-4,13H2,1-2H3,(H,24,25). The van der Waals surface area contributed by atoms with Gasteiger partial charge in [-0.25, -0.2) is 4.79 Å². The number of hydrogen-bond acceptors (Lipinski definition) is 4. The highest BCUT2D eigenvalue weighted by molar-refractivity contribution is 5.85. The van der Waals surface area contributed by atoms with Gasteiger partial charge >= 0.3 is 12.1 Å². The Labute approximate surface area is 162 Å². The van der Waals surface area contributed by atoms with Gasteiger partial charge in [-0.15, -0.1) is 0 Å². The van der Waals surface area contributed by atoms with E-state index >= 15 is 0 Å². The fourth-order valence-corrected chi connectivity index (χ4v) is 2.32. The summed E-state index contributed by atoms with van der Waals surface area (Å²) in [4.78, 5) is 10.5. The molecule has 150 valence electrons. The Hall–Kier alpha value is -3.09. The van der Waals surface area contributed by atoms with Gasteiger partial charge in [-0.1, -0.05) is 25.5 Å². The molecule has 0 saturated carbocycles.